The van der Waals surface area contributed by atoms with Crippen LogP contribution in [0.15, 0.2) is 54.7 Å². The van der Waals surface area contributed by atoms with Gasteiger partial charge in [0.2, 0.25) is 5.91 Å². The number of aryl methyl sites for hydroxylation is 1. The van der Waals surface area contributed by atoms with Crippen LogP contribution in [-0.2, 0) is 24.3 Å². The van der Waals surface area contributed by atoms with Crippen LogP contribution in [-0.4, -0.2) is 31.9 Å². The highest BCUT2D eigenvalue weighted by Crippen LogP contribution is 2.22. The smallest absolute Gasteiger partial charge is 0.223 e. The zero-order chi connectivity index (χ0) is 17.5. The number of aromatic amines is 1. The summed E-state index contributed by atoms with van der Waals surface area (Å²) in [7, 11) is 0. The zero-order valence-electron chi connectivity index (χ0n) is 14.5. The molecule has 0 spiro atoms. The van der Waals surface area contributed by atoms with Gasteiger partial charge >= 0.3 is 0 Å². The van der Waals surface area contributed by atoms with Crippen LogP contribution in [0, 0.1) is 0 Å². The van der Waals surface area contributed by atoms with Crippen molar-refractivity contribution in [3.8, 4) is 0 Å². The van der Waals surface area contributed by atoms with E-state index in [2.05, 4.69) is 27.8 Å². The van der Waals surface area contributed by atoms with E-state index in [1.807, 2.05) is 41.4 Å². The molecule has 4 aromatic rings. The van der Waals surface area contributed by atoms with Crippen molar-refractivity contribution in [2.45, 2.75) is 25.9 Å². The summed E-state index contributed by atoms with van der Waals surface area (Å²) in [5.74, 6) is 1.19. The Hall–Kier alpha value is -3.08. The first-order valence-electron chi connectivity index (χ1n) is 9.06. The van der Waals surface area contributed by atoms with Gasteiger partial charge in [0.05, 0.1) is 17.6 Å². The van der Waals surface area contributed by atoms with Crippen LogP contribution < -0.4 is 0 Å². The van der Waals surface area contributed by atoms with Crippen molar-refractivity contribution in [3.05, 3.63) is 66.1 Å². The zero-order valence-corrected chi connectivity index (χ0v) is 14.5. The molecule has 0 radical (unpaired) electrons. The maximum Gasteiger partial charge on any atom is 0.223 e. The Labute approximate surface area is 151 Å². The first-order valence-corrected chi connectivity index (χ1v) is 9.06. The van der Waals surface area contributed by atoms with E-state index in [-0.39, 0.29) is 5.91 Å². The summed E-state index contributed by atoms with van der Waals surface area (Å²) in [6.07, 6.45) is 3.31. The molecule has 1 amide bonds. The van der Waals surface area contributed by atoms with E-state index in [1.165, 1.54) is 10.9 Å². The number of imidazole rings is 1. The molecule has 1 aliphatic heterocycles. The lowest BCUT2D eigenvalue weighted by Gasteiger charge is -2.28. The highest BCUT2D eigenvalue weighted by Gasteiger charge is 2.23. The number of carbonyl (C=O) groups is 1. The van der Waals surface area contributed by atoms with Gasteiger partial charge in [0.25, 0.3) is 0 Å². The molecule has 0 unspecified atom stereocenters. The van der Waals surface area contributed by atoms with Gasteiger partial charge in [-0.3, -0.25) is 4.79 Å². The van der Waals surface area contributed by atoms with Crippen molar-refractivity contribution in [2.24, 2.45) is 0 Å². The van der Waals surface area contributed by atoms with Crippen LogP contribution in [0.3, 0.4) is 0 Å². The van der Waals surface area contributed by atoms with E-state index >= 15 is 0 Å². The highest BCUT2D eigenvalue weighted by molar-refractivity contribution is 5.84. The molecule has 130 valence electrons. The average molecular weight is 344 g/mol. The Morgan fingerprint density at radius 2 is 1.92 bits per heavy atom. The van der Waals surface area contributed by atoms with Crippen molar-refractivity contribution in [1.29, 1.82) is 0 Å². The molecule has 0 fully saturated rings. The molecule has 3 heterocycles. The van der Waals surface area contributed by atoms with Gasteiger partial charge in [0.15, 0.2) is 0 Å². The van der Waals surface area contributed by atoms with Crippen molar-refractivity contribution in [3.63, 3.8) is 0 Å². The lowest BCUT2D eigenvalue weighted by Crippen LogP contribution is -2.38. The molecule has 0 saturated heterocycles. The number of benzene rings is 2. The predicted octanol–water partition coefficient (Wildman–Crippen LogP) is 3.49. The van der Waals surface area contributed by atoms with Gasteiger partial charge in [-0.15, -0.1) is 0 Å². The quantitative estimate of drug-likeness (QED) is 0.618. The number of para-hydroxylation sites is 3. The van der Waals surface area contributed by atoms with Crippen LogP contribution in [0.2, 0.25) is 0 Å². The third-order valence-corrected chi connectivity index (χ3v) is 5.30. The van der Waals surface area contributed by atoms with Gasteiger partial charge in [-0.2, -0.15) is 0 Å². The number of carbonyl (C=O) groups excluding carboxylic acids is 1. The number of nitrogens with zero attached hydrogens (tertiary/aromatic N) is 3. The summed E-state index contributed by atoms with van der Waals surface area (Å²) in [4.78, 5) is 22.7. The summed E-state index contributed by atoms with van der Waals surface area (Å²) in [5.41, 5.74) is 4.50. The normalized spacial score (nSPS) is 14.1. The lowest BCUT2D eigenvalue weighted by atomic mass is 10.1. The standard InChI is InChI=1S/C21H20N4O/c26-21(10-9-15-13-22-17-6-2-1-5-16(15)17)24-11-12-25-19-8-4-3-7-18(19)23-20(25)14-24/h1-8,13,22H,9-12,14H2. The Bertz CT molecular complexity index is 1110. The number of hydrogen-bond acceptors (Lipinski definition) is 2. The minimum atomic E-state index is 0.202. The fourth-order valence-electron chi connectivity index (χ4n) is 3.92. The van der Waals surface area contributed by atoms with Crippen LogP contribution in [0.4, 0.5) is 0 Å². The Kier molecular flexibility index (Phi) is 3.52. The maximum atomic E-state index is 12.7. The summed E-state index contributed by atoms with van der Waals surface area (Å²) < 4.78 is 2.23. The highest BCUT2D eigenvalue weighted by atomic mass is 16.2. The molecule has 5 nitrogen and oxygen atoms in total. The SMILES string of the molecule is O=C(CCc1c[nH]c2ccccc12)N1CCn2c(nc3ccccc32)C1. The van der Waals surface area contributed by atoms with Gasteiger partial charge in [-0.25, -0.2) is 4.98 Å². The van der Waals surface area contributed by atoms with Crippen molar-refractivity contribution >= 4 is 27.8 Å². The second-order valence-electron chi connectivity index (χ2n) is 6.84. The average Bonchev–Trinajstić information content (AvgIpc) is 3.26. The Morgan fingerprint density at radius 1 is 1.08 bits per heavy atom. The third-order valence-electron chi connectivity index (χ3n) is 5.30. The number of nitrogens with one attached hydrogen (secondary N) is 1. The second-order valence-corrected chi connectivity index (χ2v) is 6.84. The fraction of sp³-hybridized carbons (Fsp3) is 0.238. The van der Waals surface area contributed by atoms with Crippen LogP contribution >= 0.6 is 0 Å². The molecule has 2 aromatic heterocycles. The molecule has 0 atom stereocenters. The third kappa shape index (κ3) is 2.47. The number of rotatable bonds is 3. The first-order chi connectivity index (χ1) is 12.8. The minimum Gasteiger partial charge on any atom is -0.361 e. The maximum absolute atomic E-state index is 12.7. The van der Waals surface area contributed by atoms with Crippen LogP contribution in [0.25, 0.3) is 21.9 Å². The van der Waals surface area contributed by atoms with Gasteiger partial charge in [-0.1, -0.05) is 30.3 Å². The number of hydrogen-bond donors (Lipinski definition) is 1. The predicted molar refractivity (Wildman–Crippen MR) is 102 cm³/mol. The molecule has 2 aromatic carbocycles. The molecule has 0 saturated carbocycles. The Balaban J connectivity index is 1.31. The summed E-state index contributed by atoms with van der Waals surface area (Å²) in [6, 6.07) is 16.4. The van der Waals surface area contributed by atoms with Crippen molar-refractivity contribution in [1.82, 2.24) is 19.4 Å². The van der Waals surface area contributed by atoms with E-state index in [4.69, 9.17) is 4.98 Å². The molecule has 5 heteroatoms. The fourth-order valence-corrected chi connectivity index (χ4v) is 3.92. The molecule has 1 aliphatic rings. The molecule has 1 N–H and O–H groups in total. The number of amides is 1. The van der Waals surface area contributed by atoms with E-state index in [1.54, 1.807) is 0 Å². The number of H-pyrrole nitrogens is 1. The van der Waals surface area contributed by atoms with E-state index in [0.29, 0.717) is 13.0 Å². The van der Waals surface area contributed by atoms with Gasteiger partial charge in [-0.05, 0) is 30.2 Å². The second kappa shape index (κ2) is 6.02. The topological polar surface area (TPSA) is 53.9 Å². The van der Waals surface area contributed by atoms with E-state index in [0.717, 1.165) is 41.9 Å². The summed E-state index contributed by atoms with van der Waals surface area (Å²) in [5, 5.41) is 1.21. The first kappa shape index (κ1) is 15.2. The summed E-state index contributed by atoms with van der Waals surface area (Å²) >= 11 is 0. The van der Waals surface area contributed by atoms with Gasteiger partial charge in [0, 0.05) is 36.6 Å². The number of fused-ring (bicyclic) bond motifs is 4. The number of aromatic nitrogens is 3. The Morgan fingerprint density at radius 3 is 2.88 bits per heavy atom. The minimum absolute atomic E-state index is 0.202. The van der Waals surface area contributed by atoms with E-state index < -0.39 is 0 Å². The van der Waals surface area contributed by atoms with Crippen molar-refractivity contribution in [2.75, 3.05) is 6.54 Å². The molecule has 0 bridgehead atoms. The van der Waals surface area contributed by atoms with Crippen molar-refractivity contribution < 1.29 is 4.79 Å². The van der Waals surface area contributed by atoms with Crippen LogP contribution in [0.5, 0.6) is 0 Å². The molecular weight excluding hydrogens is 324 g/mol. The lowest BCUT2D eigenvalue weighted by molar-refractivity contribution is -0.132. The molecule has 0 aliphatic carbocycles. The molecule has 5 rings (SSSR count). The molecule has 26 heavy (non-hydrogen) atoms. The largest absolute Gasteiger partial charge is 0.361 e. The van der Waals surface area contributed by atoms with Crippen LogP contribution in [0.1, 0.15) is 17.8 Å². The summed E-state index contributed by atoms with van der Waals surface area (Å²) in [6.45, 7) is 2.16. The van der Waals surface area contributed by atoms with Gasteiger partial charge < -0.3 is 14.5 Å². The van der Waals surface area contributed by atoms with E-state index in [9.17, 15) is 4.79 Å². The monoisotopic (exact) mass is 344 g/mol. The van der Waals surface area contributed by atoms with Gasteiger partial charge in [0.1, 0.15) is 5.82 Å². The molecular formula is C21H20N4O.